The molecule has 0 fully saturated rings. The molecule has 0 radical (unpaired) electrons. The lowest BCUT2D eigenvalue weighted by atomic mass is 10.1. The third-order valence-electron chi connectivity index (χ3n) is 3.41. The molecule has 0 saturated carbocycles. The largest absolute Gasteiger partial charge is 0.329 e. The first-order valence-electron chi connectivity index (χ1n) is 7.40. The van der Waals surface area contributed by atoms with E-state index in [9.17, 15) is 16.8 Å². The summed E-state index contributed by atoms with van der Waals surface area (Å²) in [4.78, 5) is -0.154. The van der Waals surface area contributed by atoms with E-state index in [1.54, 1.807) is 0 Å². The smallest absolute Gasteiger partial charge is 0.242 e. The van der Waals surface area contributed by atoms with E-state index in [1.165, 1.54) is 32.3 Å². The van der Waals surface area contributed by atoms with E-state index in [-0.39, 0.29) is 34.8 Å². The molecular weight excluding hydrogens is 374 g/mol. The van der Waals surface area contributed by atoms with Gasteiger partial charge in [-0.2, -0.15) is 0 Å². The molecule has 140 valence electrons. The molecule has 0 amide bonds. The average Bonchev–Trinajstić information content (AvgIpc) is 2.51. The van der Waals surface area contributed by atoms with Crippen LogP contribution in [0.4, 0.5) is 0 Å². The first kappa shape index (κ1) is 23.3. The van der Waals surface area contributed by atoms with Gasteiger partial charge < -0.3 is 5.73 Å². The van der Waals surface area contributed by atoms with Crippen molar-refractivity contribution in [2.75, 3.05) is 20.6 Å². The van der Waals surface area contributed by atoms with Gasteiger partial charge in [0.2, 0.25) is 20.0 Å². The van der Waals surface area contributed by atoms with Crippen LogP contribution in [0.2, 0.25) is 0 Å². The summed E-state index contributed by atoms with van der Waals surface area (Å²) < 4.78 is 52.7. The van der Waals surface area contributed by atoms with Gasteiger partial charge in [-0.15, -0.1) is 12.4 Å². The Morgan fingerprint density at radius 2 is 1.75 bits per heavy atom. The first-order valence-corrected chi connectivity index (χ1v) is 10.3. The van der Waals surface area contributed by atoms with Crippen molar-refractivity contribution in [1.29, 1.82) is 0 Å². The van der Waals surface area contributed by atoms with E-state index in [0.717, 1.165) is 23.2 Å². The minimum atomic E-state index is -3.82. The third kappa shape index (κ3) is 5.98. The Hall–Kier alpha value is -0.710. The van der Waals surface area contributed by atoms with Crippen molar-refractivity contribution in [1.82, 2.24) is 9.03 Å². The number of nitrogens with two attached hydrogens (primary N) is 1. The van der Waals surface area contributed by atoms with Crippen LogP contribution in [0.5, 0.6) is 0 Å². The maximum Gasteiger partial charge on any atom is 0.242 e. The van der Waals surface area contributed by atoms with Crippen molar-refractivity contribution in [3.63, 3.8) is 0 Å². The highest BCUT2D eigenvalue weighted by atomic mass is 35.5. The van der Waals surface area contributed by atoms with Crippen molar-refractivity contribution in [3.8, 4) is 0 Å². The number of halogens is 1. The summed E-state index contributed by atoms with van der Waals surface area (Å²) in [5.41, 5.74) is 5.61. The summed E-state index contributed by atoms with van der Waals surface area (Å²) in [6.07, 6.45) is 2.44. The molecule has 0 aliphatic heterocycles. The Morgan fingerprint density at radius 1 is 1.17 bits per heavy atom. The Morgan fingerprint density at radius 3 is 2.25 bits per heavy atom. The highest BCUT2D eigenvalue weighted by Crippen LogP contribution is 2.18. The van der Waals surface area contributed by atoms with Crippen LogP contribution in [-0.4, -0.2) is 47.8 Å². The van der Waals surface area contributed by atoms with Crippen LogP contribution in [0.15, 0.2) is 34.1 Å². The zero-order valence-electron chi connectivity index (χ0n) is 14.1. The van der Waals surface area contributed by atoms with E-state index in [2.05, 4.69) is 4.72 Å². The van der Waals surface area contributed by atoms with Crippen molar-refractivity contribution in [2.24, 2.45) is 5.73 Å². The fraction of sp³-hybridized carbons (Fsp3) is 0.571. The number of sulfonamides is 2. The lowest BCUT2D eigenvalue weighted by Gasteiger charge is -2.17. The number of rotatable bonds is 9. The molecular formula is C14H26ClN3O4S2. The molecule has 0 aliphatic carbocycles. The second-order valence-corrected chi connectivity index (χ2v) is 9.32. The average molecular weight is 400 g/mol. The molecule has 0 saturated heterocycles. The monoisotopic (exact) mass is 399 g/mol. The molecule has 0 bridgehead atoms. The van der Waals surface area contributed by atoms with Crippen molar-refractivity contribution in [3.05, 3.63) is 24.3 Å². The minimum absolute atomic E-state index is 0. The van der Waals surface area contributed by atoms with Crippen LogP contribution in [-0.2, 0) is 20.0 Å². The maximum atomic E-state index is 12.4. The fourth-order valence-corrected chi connectivity index (χ4v) is 4.33. The molecule has 1 atom stereocenters. The first-order chi connectivity index (χ1) is 10.6. The quantitative estimate of drug-likeness (QED) is 0.647. The van der Waals surface area contributed by atoms with Gasteiger partial charge in [-0.1, -0.05) is 25.8 Å². The van der Waals surface area contributed by atoms with E-state index >= 15 is 0 Å². The van der Waals surface area contributed by atoms with Gasteiger partial charge in [0.05, 0.1) is 9.79 Å². The minimum Gasteiger partial charge on any atom is -0.329 e. The molecule has 7 nitrogen and oxygen atoms in total. The van der Waals surface area contributed by atoms with Crippen molar-refractivity contribution >= 4 is 32.5 Å². The number of hydrogen-bond donors (Lipinski definition) is 2. The fourth-order valence-electron chi connectivity index (χ4n) is 1.98. The zero-order chi connectivity index (χ0) is 17.7. The van der Waals surface area contributed by atoms with Crippen LogP contribution in [0.25, 0.3) is 0 Å². The maximum absolute atomic E-state index is 12.4. The van der Waals surface area contributed by atoms with Crippen molar-refractivity contribution < 1.29 is 16.8 Å². The molecule has 1 aromatic carbocycles. The predicted octanol–water partition coefficient (Wildman–Crippen LogP) is 1.15. The normalized spacial score (nSPS) is 13.5. The van der Waals surface area contributed by atoms with Gasteiger partial charge in [-0.3, -0.25) is 0 Å². The molecule has 24 heavy (non-hydrogen) atoms. The van der Waals surface area contributed by atoms with Gasteiger partial charge in [0.15, 0.2) is 0 Å². The van der Waals surface area contributed by atoms with Gasteiger partial charge >= 0.3 is 0 Å². The summed E-state index contributed by atoms with van der Waals surface area (Å²) >= 11 is 0. The number of unbranched alkanes of at least 4 members (excludes halogenated alkanes) is 1. The predicted molar refractivity (Wildman–Crippen MR) is 97.3 cm³/mol. The van der Waals surface area contributed by atoms with E-state index in [1.807, 2.05) is 6.92 Å². The van der Waals surface area contributed by atoms with Gasteiger partial charge in [0.1, 0.15) is 0 Å². The highest BCUT2D eigenvalue weighted by Gasteiger charge is 2.23. The number of nitrogens with one attached hydrogen (secondary N) is 1. The Labute approximate surface area is 151 Å². The summed E-state index contributed by atoms with van der Waals surface area (Å²) in [6.45, 7) is 2.20. The second kappa shape index (κ2) is 9.69. The molecule has 1 aromatic rings. The molecule has 1 rings (SSSR count). The lowest BCUT2D eigenvalue weighted by Crippen LogP contribution is -2.40. The van der Waals surface area contributed by atoms with Crippen LogP contribution in [0, 0.1) is 0 Å². The van der Waals surface area contributed by atoms with Gasteiger partial charge in [-0.05, 0) is 24.6 Å². The Balaban J connectivity index is 0.00000529. The Bertz CT molecular complexity index is 721. The molecule has 3 N–H and O–H groups in total. The van der Waals surface area contributed by atoms with Gasteiger partial charge in [0, 0.05) is 26.7 Å². The molecule has 0 heterocycles. The number of nitrogens with zero attached hydrogens (tertiary/aromatic N) is 1. The summed E-state index contributed by atoms with van der Waals surface area (Å²) in [7, 11) is -4.73. The van der Waals surface area contributed by atoms with Crippen LogP contribution in [0.1, 0.15) is 26.2 Å². The van der Waals surface area contributed by atoms with E-state index in [0.29, 0.717) is 6.42 Å². The number of benzene rings is 1. The lowest BCUT2D eigenvalue weighted by molar-refractivity contribution is 0.515. The van der Waals surface area contributed by atoms with Crippen LogP contribution >= 0.6 is 12.4 Å². The topological polar surface area (TPSA) is 110 Å². The third-order valence-corrected chi connectivity index (χ3v) is 6.74. The van der Waals surface area contributed by atoms with Gasteiger partial charge in [0.25, 0.3) is 0 Å². The summed E-state index contributed by atoms with van der Waals surface area (Å²) in [5.74, 6) is 0. The SMILES string of the molecule is CCCCC(CN)NS(=O)(=O)c1cccc(S(=O)(=O)N(C)C)c1.Cl. The zero-order valence-corrected chi connectivity index (χ0v) is 16.5. The van der Waals surface area contributed by atoms with E-state index in [4.69, 9.17) is 5.73 Å². The second-order valence-electron chi connectivity index (χ2n) is 5.46. The Kier molecular flexibility index (Phi) is 9.40. The summed E-state index contributed by atoms with van der Waals surface area (Å²) in [5, 5.41) is 0. The summed E-state index contributed by atoms with van der Waals surface area (Å²) in [6, 6.07) is 4.93. The van der Waals surface area contributed by atoms with Crippen molar-refractivity contribution in [2.45, 2.75) is 42.0 Å². The molecule has 10 heteroatoms. The highest BCUT2D eigenvalue weighted by molar-refractivity contribution is 7.90. The standard InChI is InChI=1S/C14H25N3O4S2.ClH/c1-4-5-7-12(11-15)16-22(18,19)13-8-6-9-14(10-13)23(20,21)17(2)3;/h6,8-10,12,16H,4-5,7,11,15H2,1-3H3;1H. The molecule has 1 unspecified atom stereocenters. The number of hydrogen-bond acceptors (Lipinski definition) is 5. The molecule has 0 aromatic heterocycles. The van der Waals surface area contributed by atoms with E-state index < -0.39 is 20.0 Å². The van der Waals surface area contributed by atoms with Crippen LogP contribution < -0.4 is 10.5 Å². The van der Waals surface area contributed by atoms with Gasteiger partial charge in [-0.25, -0.2) is 25.9 Å². The van der Waals surface area contributed by atoms with Crippen LogP contribution in [0.3, 0.4) is 0 Å². The molecule has 0 aliphatic rings. The molecule has 0 spiro atoms.